The molecule has 0 unspecified atom stereocenters. The number of rotatable bonds is 6. The molecular formula is C9H12F2N2O3S. The Balaban J connectivity index is 2.72. The maximum absolute atomic E-state index is 11.7. The lowest BCUT2D eigenvalue weighted by Crippen LogP contribution is -2.06. The summed E-state index contributed by atoms with van der Waals surface area (Å²) >= 11 is 0. The minimum absolute atomic E-state index is 0.235. The lowest BCUT2D eigenvalue weighted by Gasteiger charge is -1.95. The van der Waals surface area contributed by atoms with E-state index in [9.17, 15) is 17.2 Å². The summed E-state index contributed by atoms with van der Waals surface area (Å²) in [7, 11) is -3.77. The van der Waals surface area contributed by atoms with Gasteiger partial charge in [0.2, 0.25) is 15.7 Å². The van der Waals surface area contributed by atoms with E-state index in [0.717, 1.165) is 6.42 Å². The second-order valence-electron chi connectivity index (χ2n) is 3.31. The van der Waals surface area contributed by atoms with Crippen LogP contribution in [0.3, 0.4) is 0 Å². The molecule has 0 saturated carbocycles. The van der Waals surface area contributed by atoms with Crippen molar-refractivity contribution in [2.24, 2.45) is 0 Å². The van der Waals surface area contributed by atoms with Crippen LogP contribution in [0.25, 0.3) is 0 Å². The quantitative estimate of drug-likeness (QED) is 0.787. The molecule has 0 aliphatic heterocycles. The SMILES string of the molecule is CCCc1nnc(S(=O)(=O)CCC=C(F)F)o1. The van der Waals surface area contributed by atoms with Crippen molar-refractivity contribution < 1.29 is 21.6 Å². The zero-order valence-electron chi connectivity index (χ0n) is 9.19. The van der Waals surface area contributed by atoms with Crippen LogP contribution in [0.4, 0.5) is 8.78 Å². The van der Waals surface area contributed by atoms with Crippen LogP contribution in [0.15, 0.2) is 21.8 Å². The van der Waals surface area contributed by atoms with E-state index in [0.29, 0.717) is 12.5 Å². The van der Waals surface area contributed by atoms with E-state index in [2.05, 4.69) is 10.2 Å². The first-order valence-corrected chi connectivity index (χ1v) is 6.67. The molecular weight excluding hydrogens is 254 g/mol. The molecule has 96 valence electrons. The number of sulfone groups is 1. The van der Waals surface area contributed by atoms with E-state index < -0.39 is 26.9 Å². The van der Waals surface area contributed by atoms with Crippen LogP contribution in [0, 0.1) is 0 Å². The minimum Gasteiger partial charge on any atom is -0.413 e. The van der Waals surface area contributed by atoms with Crippen molar-refractivity contribution in [2.75, 3.05) is 5.75 Å². The highest BCUT2D eigenvalue weighted by atomic mass is 32.2. The van der Waals surface area contributed by atoms with Crippen molar-refractivity contribution in [1.29, 1.82) is 0 Å². The Morgan fingerprint density at radius 1 is 1.41 bits per heavy atom. The van der Waals surface area contributed by atoms with Gasteiger partial charge in [0.25, 0.3) is 6.08 Å². The van der Waals surface area contributed by atoms with Gasteiger partial charge in [-0.15, -0.1) is 5.10 Å². The summed E-state index contributed by atoms with van der Waals surface area (Å²) in [4.78, 5) is 0. The Morgan fingerprint density at radius 3 is 2.71 bits per heavy atom. The molecule has 0 spiro atoms. The summed E-state index contributed by atoms with van der Waals surface area (Å²) < 4.78 is 51.5. The first-order valence-electron chi connectivity index (χ1n) is 5.02. The van der Waals surface area contributed by atoms with Gasteiger partial charge in [0.05, 0.1) is 5.75 Å². The predicted molar refractivity (Wildman–Crippen MR) is 55.3 cm³/mol. The highest BCUT2D eigenvalue weighted by Gasteiger charge is 2.21. The van der Waals surface area contributed by atoms with E-state index in [1.165, 1.54) is 0 Å². The summed E-state index contributed by atoms with van der Waals surface area (Å²) in [5.74, 6) is -0.240. The first-order chi connectivity index (χ1) is 7.95. The molecule has 1 aromatic rings. The van der Waals surface area contributed by atoms with Gasteiger partial charge in [0.1, 0.15) is 0 Å². The van der Waals surface area contributed by atoms with Crippen molar-refractivity contribution in [3.05, 3.63) is 18.0 Å². The summed E-state index contributed by atoms with van der Waals surface area (Å²) in [6.45, 7) is 1.88. The molecule has 1 rings (SSSR count). The largest absolute Gasteiger partial charge is 0.413 e. The second-order valence-corrected chi connectivity index (χ2v) is 5.30. The summed E-state index contributed by atoms with van der Waals surface area (Å²) in [6.07, 6.45) is -0.409. The lowest BCUT2D eigenvalue weighted by molar-refractivity contribution is 0.394. The van der Waals surface area contributed by atoms with Crippen molar-refractivity contribution in [2.45, 2.75) is 31.4 Å². The molecule has 0 fully saturated rings. The highest BCUT2D eigenvalue weighted by molar-refractivity contribution is 7.91. The first kappa shape index (κ1) is 13.8. The predicted octanol–water partition coefficient (Wildman–Crippen LogP) is 1.97. The molecule has 0 saturated heterocycles. The van der Waals surface area contributed by atoms with Gasteiger partial charge < -0.3 is 4.42 Å². The van der Waals surface area contributed by atoms with Crippen molar-refractivity contribution >= 4 is 9.84 Å². The molecule has 0 aromatic carbocycles. The summed E-state index contributed by atoms with van der Waals surface area (Å²) in [5.41, 5.74) is 0. The fraction of sp³-hybridized carbons (Fsp3) is 0.556. The van der Waals surface area contributed by atoms with E-state index >= 15 is 0 Å². The van der Waals surface area contributed by atoms with E-state index in [1.54, 1.807) is 0 Å². The average molecular weight is 266 g/mol. The van der Waals surface area contributed by atoms with Gasteiger partial charge >= 0.3 is 5.22 Å². The standard InChI is InChI=1S/C9H12F2N2O3S/c1-2-4-8-12-13-9(16-8)17(14,15)6-3-5-7(10)11/h5H,2-4,6H2,1H3. The normalized spacial score (nSPS) is 11.5. The van der Waals surface area contributed by atoms with Gasteiger partial charge in [0, 0.05) is 6.42 Å². The maximum atomic E-state index is 11.7. The molecule has 1 aromatic heterocycles. The zero-order chi connectivity index (χ0) is 12.9. The topological polar surface area (TPSA) is 73.1 Å². The number of allylic oxidation sites excluding steroid dienone is 1. The van der Waals surface area contributed by atoms with E-state index in [-0.39, 0.29) is 12.3 Å². The number of aryl methyl sites for hydroxylation is 1. The fourth-order valence-electron chi connectivity index (χ4n) is 1.09. The Bertz CT molecular complexity index is 492. The van der Waals surface area contributed by atoms with Crippen LogP contribution >= 0.6 is 0 Å². The Morgan fingerprint density at radius 2 is 2.12 bits per heavy atom. The third-order valence-corrected chi connectivity index (χ3v) is 3.33. The van der Waals surface area contributed by atoms with Crippen LogP contribution in [0.2, 0.25) is 0 Å². The van der Waals surface area contributed by atoms with Crippen molar-refractivity contribution in [3.63, 3.8) is 0 Å². The fourth-order valence-corrected chi connectivity index (χ4v) is 2.08. The molecule has 1 heterocycles. The Kier molecular flexibility index (Phi) is 4.73. The molecule has 0 aliphatic carbocycles. The monoisotopic (exact) mass is 266 g/mol. The van der Waals surface area contributed by atoms with Crippen LogP contribution in [0.5, 0.6) is 0 Å². The van der Waals surface area contributed by atoms with Crippen LogP contribution in [0.1, 0.15) is 25.7 Å². The molecule has 0 atom stereocenters. The summed E-state index contributed by atoms with van der Waals surface area (Å²) in [6, 6.07) is 0. The molecule has 0 bridgehead atoms. The number of hydrogen-bond donors (Lipinski definition) is 0. The van der Waals surface area contributed by atoms with E-state index in [4.69, 9.17) is 4.42 Å². The molecule has 8 heteroatoms. The number of aromatic nitrogens is 2. The van der Waals surface area contributed by atoms with Gasteiger partial charge in [-0.2, -0.15) is 8.78 Å². The smallest absolute Gasteiger partial charge is 0.335 e. The molecule has 0 aliphatic rings. The number of nitrogens with zero attached hydrogens (tertiary/aromatic N) is 2. The Labute approximate surface area is 97.5 Å². The molecule has 0 amide bonds. The number of hydrogen-bond acceptors (Lipinski definition) is 5. The highest BCUT2D eigenvalue weighted by Crippen LogP contribution is 2.12. The summed E-state index contributed by atoms with van der Waals surface area (Å²) in [5, 5.41) is 6.44. The third-order valence-electron chi connectivity index (χ3n) is 1.86. The van der Waals surface area contributed by atoms with Gasteiger partial charge in [-0.1, -0.05) is 12.0 Å². The van der Waals surface area contributed by atoms with E-state index in [1.807, 2.05) is 6.92 Å². The van der Waals surface area contributed by atoms with Gasteiger partial charge in [-0.3, -0.25) is 0 Å². The van der Waals surface area contributed by atoms with Crippen molar-refractivity contribution in [3.8, 4) is 0 Å². The van der Waals surface area contributed by atoms with Gasteiger partial charge in [-0.05, 0) is 18.9 Å². The van der Waals surface area contributed by atoms with Crippen LogP contribution in [-0.4, -0.2) is 24.4 Å². The molecule has 0 radical (unpaired) electrons. The molecule has 17 heavy (non-hydrogen) atoms. The average Bonchev–Trinajstić information content (AvgIpc) is 2.66. The van der Waals surface area contributed by atoms with Crippen LogP contribution < -0.4 is 0 Å². The maximum Gasteiger partial charge on any atom is 0.335 e. The second kappa shape index (κ2) is 5.85. The zero-order valence-corrected chi connectivity index (χ0v) is 10.0. The van der Waals surface area contributed by atoms with Gasteiger partial charge in [0.15, 0.2) is 0 Å². The van der Waals surface area contributed by atoms with Crippen LogP contribution in [-0.2, 0) is 16.3 Å². The lowest BCUT2D eigenvalue weighted by atomic mass is 10.3. The third kappa shape index (κ3) is 4.22. The number of halogens is 2. The van der Waals surface area contributed by atoms with Crippen molar-refractivity contribution in [1.82, 2.24) is 10.2 Å². The minimum atomic E-state index is -3.77. The van der Waals surface area contributed by atoms with Gasteiger partial charge in [-0.25, -0.2) is 8.42 Å². The Hall–Kier alpha value is -1.31. The molecule has 5 nitrogen and oxygen atoms in total. The molecule has 0 N–H and O–H groups in total.